The van der Waals surface area contributed by atoms with Crippen molar-refractivity contribution in [3.8, 4) is 0 Å². The fourth-order valence-electron chi connectivity index (χ4n) is 6.96. The summed E-state index contributed by atoms with van der Waals surface area (Å²) in [5, 5.41) is 0. The number of esters is 2. The minimum Gasteiger partial charge on any atom is -0.469 e. The molecule has 1 amide bonds. The van der Waals surface area contributed by atoms with Crippen LogP contribution in [0.2, 0.25) is 0 Å². The number of fused-ring (bicyclic) bond motifs is 2. The van der Waals surface area contributed by atoms with Gasteiger partial charge < -0.3 is 19.3 Å². The Morgan fingerprint density at radius 2 is 1.44 bits per heavy atom. The summed E-state index contributed by atoms with van der Waals surface area (Å²) < 4.78 is 11.1. The zero-order chi connectivity index (χ0) is 30.1. The molecular formula is C36H34N2O5. The standard InChI is InChI=1S/C36H34N2O5/c1-4-43-34(40)31-30(33(39)42-3)36(32(26-21-19-24(2)20-22-26)38(31)27-15-9-6-10-16-27)28-17-11-12-18-29(28)37(35(36)41)23-25-13-7-5-8-14-25/h5-22,30-32H,4,23H2,1-3H3/t30-,31-,32+,36-/m0/s1. The normalized spacial score (nSPS) is 22.5. The molecule has 2 aliphatic heterocycles. The first-order valence-corrected chi connectivity index (χ1v) is 14.5. The van der Waals surface area contributed by atoms with E-state index in [4.69, 9.17) is 9.47 Å². The van der Waals surface area contributed by atoms with Crippen molar-refractivity contribution in [1.29, 1.82) is 0 Å². The van der Waals surface area contributed by atoms with Crippen LogP contribution in [0.4, 0.5) is 11.4 Å². The van der Waals surface area contributed by atoms with Gasteiger partial charge >= 0.3 is 11.9 Å². The SMILES string of the molecule is CCOC(=O)[C@@H]1[C@@H](C(=O)OC)[C@]2(C(=O)N(Cc3ccccc3)c3ccccc32)[C@@H](c2ccc(C)cc2)N1c1ccccc1. The van der Waals surface area contributed by atoms with Crippen LogP contribution >= 0.6 is 0 Å². The highest BCUT2D eigenvalue weighted by Gasteiger charge is 2.73. The number of anilines is 2. The van der Waals surface area contributed by atoms with Crippen molar-refractivity contribution in [1.82, 2.24) is 0 Å². The molecule has 7 heteroatoms. The minimum absolute atomic E-state index is 0.124. The summed E-state index contributed by atoms with van der Waals surface area (Å²) >= 11 is 0. The first-order valence-electron chi connectivity index (χ1n) is 14.5. The number of amides is 1. The maximum atomic E-state index is 15.3. The quantitative estimate of drug-likeness (QED) is 0.261. The molecule has 4 aromatic rings. The molecule has 6 rings (SSSR count). The van der Waals surface area contributed by atoms with E-state index in [1.54, 1.807) is 11.8 Å². The summed E-state index contributed by atoms with van der Waals surface area (Å²) in [7, 11) is 1.30. The summed E-state index contributed by atoms with van der Waals surface area (Å²) in [6.45, 7) is 4.16. The van der Waals surface area contributed by atoms with Crippen molar-refractivity contribution in [2.75, 3.05) is 23.5 Å². The molecule has 218 valence electrons. The molecule has 4 atom stereocenters. The first-order chi connectivity index (χ1) is 20.9. The number of hydrogen-bond donors (Lipinski definition) is 0. The molecular weight excluding hydrogens is 540 g/mol. The van der Waals surface area contributed by atoms with Gasteiger partial charge in [-0.25, -0.2) is 4.79 Å². The van der Waals surface area contributed by atoms with Crippen molar-refractivity contribution < 1.29 is 23.9 Å². The molecule has 4 aromatic carbocycles. The van der Waals surface area contributed by atoms with Gasteiger partial charge in [0.2, 0.25) is 5.91 Å². The van der Waals surface area contributed by atoms with E-state index in [0.717, 1.165) is 16.7 Å². The zero-order valence-corrected chi connectivity index (χ0v) is 24.5. The highest BCUT2D eigenvalue weighted by Crippen LogP contribution is 2.62. The van der Waals surface area contributed by atoms with Gasteiger partial charge in [0.1, 0.15) is 17.4 Å². The second kappa shape index (κ2) is 11.4. The maximum Gasteiger partial charge on any atom is 0.329 e. The molecule has 1 fully saturated rings. The van der Waals surface area contributed by atoms with Crippen LogP contribution in [-0.4, -0.2) is 37.6 Å². The molecule has 1 spiro atoms. The Bertz CT molecular complexity index is 1640. The smallest absolute Gasteiger partial charge is 0.329 e. The Morgan fingerprint density at radius 1 is 0.814 bits per heavy atom. The van der Waals surface area contributed by atoms with Gasteiger partial charge in [-0.1, -0.05) is 96.6 Å². The van der Waals surface area contributed by atoms with Crippen LogP contribution in [0.25, 0.3) is 0 Å². The number of aryl methyl sites for hydroxylation is 1. The molecule has 0 bridgehead atoms. The monoisotopic (exact) mass is 574 g/mol. The van der Waals surface area contributed by atoms with Gasteiger partial charge in [0.25, 0.3) is 0 Å². The predicted molar refractivity (Wildman–Crippen MR) is 165 cm³/mol. The molecule has 0 radical (unpaired) electrons. The Balaban J connectivity index is 1.69. The lowest BCUT2D eigenvalue weighted by Crippen LogP contribution is -2.51. The van der Waals surface area contributed by atoms with Crippen molar-refractivity contribution in [2.45, 2.75) is 37.9 Å². The predicted octanol–water partition coefficient (Wildman–Crippen LogP) is 5.76. The second-order valence-electron chi connectivity index (χ2n) is 11.0. The fraction of sp³-hybridized carbons (Fsp3) is 0.250. The fourth-order valence-corrected chi connectivity index (χ4v) is 6.96. The Labute approximate surface area is 251 Å². The van der Waals surface area contributed by atoms with Crippen molar-refractivity contribution in [3.63, 3.8) is 0 Å². The molecule has 0 saturated carbocycles. The number of rotatable bonds is 7. The summed E-state index contributed by atoms with van der Waals surface area (Å²) in [6.07, 6.45) is 0. The van der Waals surface area contributed by atoms with Crippen LogP contribution in [0.15, 0.2) is 109 Å². The zero-order valence-electron chi connectivity index (χ0n) is 24.5. The number of para-hydroxylation sites is 2. The Morgan fingerprint density at radius 3 is 2.09 bits per heavy atom. The van der Waals surface area contributed by atoms with Gasteiger partial charge in [-0.15, -0.1) is 0 Å². The lowest BCUT2D eigenvalue weighted by molar-refractivity contribution is -0.157. The van der Waals surface area contributed by atoms with E-state index < -0.39 is 35.4 Å². The number of carbonyl (C=O) groups excluding carboxylic acids is 3. The van der Waals surface area contributed by atoms with Crippen LogP contribution in [0.5, 0.6) is 0 Å². The minimum atomic E-state index is -1.50. The molecule has 2 aliphatic rings. The summed E-state index contributed by atoms with van der Waals surface area (Å²) in [5.74, 6) is -2.68. The van der Waals surface area contributed by atoms with Crippen LogP contribution in [0, 0.1) is 12.8 Å². The summed E-state index contributed by atoms with van der Waals surface area (Å²) in [5.41, 5.74) is 3.40. The average molecular weight is 575 g/mol. The molecule has 2 heterocycles. The van der Waals surface area contributed by atoms with E-state index in [0.29, 0.717) is 23.5 Å². The van der Waals surface area contributed by atoms with E-state index >= 15 is 4.79 Å². The summed E-state index contributed by atoms with van der Waals surface area (Å²) in [4.78, 5) is 47.1. The van der Waals surface area contributed by atoms with E-state index in [-0.39, 0.29) is 12.5 Å². The molecule has 1 saturated heterocycles. The van der Waals surface area contributed by atoms with Gasteiger partial charge in [-0.05, 0) is 48.7 Å². The summed E-state index contributed by atoms with van der Waals surface area (Å²) in [6, 6.07) is 32.9. The lowest BCUT2D eigenvalue weighted by Gasteiger charge is -2.37. The number of nitrogens with zero attached hydrogens (tertiary/aromatic N) is 2. The lowest BCUT2D eigenvalue weighted by atomic mass is 9.65. The van der Waals surface area contributed by atoms with Crippen LogP contribution in [0.3, 0.4) is 0 Å². The molecule has 0 aromatic heterocycles. The highest BCUT2D eigenvalue weighted by atomic mass is 16.5. The number of benzene rings is 4. The van der Waals surface area contributed by atoms with Crippen LogP contribution < -0.4 is 9.80 Å². The average Bonchev–Trinajstić information content (AvgIpc) is 3.49. The Kier molecular flexibility index (Phi) is 7.48. The number of carbonyl (C=O) groups is 3. The topological polar surface area (TPSA) is 76.2 Å². The maximum absolute atomic E-state index is 15.3. The third kappa shape index (κ3) is 4.47. The molecule has 43 heavy (non-hydrogen) atoms. The van der Waals surface area contributed by atoms with Crippen molar-refractivity contribution in [3.05, 3.63) is 131 Å². The third-order valence-electron chi connectivity index (χ3n) is 8.67. The molecule has 7 nitrogen and oxygen atoms in total. The number of hydrogen-bond acceptors (Lipinski definition) is 6. The Hall–Kier alpha value is -4.91. The second-order valence-corrected chi connectivity index (χ2v) is 11.0. The van der Waals surface area contributed by atoms with E-state index in [1.807, 2.05) is 121 Å². The molecule has 0 unspecified atom stereocenters. The van der Waals surface area contributed by atoms with Gasteiger partial charge in [0.05, 0.1) is 26.3 Å². The van der Waals surface area contributed by atoms with Crippen molar-refractivity contribution >= 4 is 29.2 Å². The highest BCUT2D eigenvalue weighted by molar-refractivity contribution is 6.13. The molecule has 0 aliphatic carbocycles. The van der Waals surface area contributed by atoms with Gasteiger partial charge in [-0.3, -0.25) is 9.59 Å². The van der Waals surface area contributed by atoms with E-state index in [1.165, 1.54) is 7.11 Å². The van der Waals surface area contributed by atoms with E-state index in [2.05, 4.69) is 0 Å². The van der Waals surface area contributed by atoms with Crippen LogP contribution in [-0.2, 0) is 35.8 Å². The van der Waals surface area contributed by atoms with Crippen LogP contribution in [0.1, 0.15) is 35.2 Å². The van der Waals surface area contributed by atoms with Crippen molar-refractivity contribution in [2.24, 2.45) is 5.92 Å². The largest absolute Gasteiger partial charge is 0.469 e. The van der Waals surface area contributed by atoms with Gasteiger partial charge in [-0.2, -0.15) is 0 Å². The first kappa shape index (κ1) is 28.2. The number of methoxy groups -OCH3 is 1. The third-order valence-corrected chi connectivity index (χ3v) is 8.67. The van der Waals surface area contributed by atoms with Gasteiger partial charge in [0.15, 0.2) is 0 Å². The number of ether oxygens (including phenoxy) is 2. The van der Waals surface area contributed by atoms with E-state index in [9.17, 15) is 9.59 Å². The molecule has 0 N–H and O–H groups in total. The van der Waals surface area contributed by atoms with Gasteiger partial charge in [0, 0.05) is 11.4 Å².